The molecule has 0 spiro atoms. The fourth-order valence-corrected chi connectivity index (χ4v) is 4.34. The van der Waals surface area contributed by atoms with Crippen molar-refractivity contribution >= 4 is 11.6 Å². The Labute approximate surface area is 173 Å². The molecule has 2 aliphatic rings. The number of hydrogen-bond acceptors (Lipinski definition) is 4. The van der Waals surface area contributed by atoms with Gasteiger partial charge in [0, 0.05) is 45.3 Å². The molecular weight excluding hydrogens is 362 g/mol. The third-order valence-corrected chi connectivity index (χ3v) is 6.08. The number of carbonyl (C=O) groups is 1. The van der Waals surface area contributed by atoms with E-state index in [9.17, 15) is 4.79 Å². The van der Waals surface area contributed by atoms with Crippen LogP contribution in [0, 0.1) is 0 Å². The molecule has 1 amide bonds. The number of benzene rings is 2. The first-order valence-electron chi connectivity index (χ1n) is 10.7. The quantitative estimate of drug-likeness (QED) is 0.786. The summed E-state index contributed by atoms with van der Waals surface area (Å²) in [7, 11) is 2.15. The van der Waals surface area contributed by atoms with Crippen molar-refractivity contribution in [3.05, 3.63) is 65.2 Å². The average Bonchev–Trinajstić information content (AvgIpc) is 3.14. The van der Waals surface area contributed by atoms with Crippen molar-refractivity contribution in [3.8, 4) is 0 Å². The number of nitrogens with zero attached hydrogens (tertiary/aromatic N) is 2. The highest BCUT2D eigenvalue weighted by Crippen LogP contribution is 2.31. The van der Waals surface area contributed by atoms with Crippen molar-refractivity contribution in [2.75, 3.05) is 51.3 Å². The number of fused-ring (bicyclic) bond motifs is 1. The van der Waals surface area contributed by atoms with Gasteiger partial charge in [-0.05, 0) is 35.6 Å². The zero-order valence-corrected chi connectivity index (χ0v) is 17.3. The molecule has 154 valence electrons. The molecule has 1 unspecified atom stereocenters. The van der Waals surface area contributed by atoms with Crippen LogP contribution in [0.15, 0.2) is 48.5 Å². The molecule has 0 aromatic heterocycles. The number of likely N-dealkylation sites (N-methyl/N-ethyl adjacent to an activating group) is 1. The van der Waals surface area contributed by atoms with Crippen LogP contribution in [0.25, 0.3) is 0 Å². The summed E-state index contributed by atoms with van der Waals surface area (Å²) in [5, 5.41) is 3.19. The van der Waals surface area contributed by atoms with Crippen LogP contribution >= 0.6 is 0 Å². The maximum atomic E-state index is 12.5. The molecule has 1 atom stereocenters. The Hall–Kier alpha value is -2.37. The largest absolute Gasteiger partial charge is 0.379 e. The Morgan fingerprint density at radius 3 is 2.69 bits per heavy atom. The molecule has 0 saturated carbocycles. The Kier molecular flexibility index (Phi) is 6.47. The van der Waals surface area contributed by atoms with E-state index in [1.54, 1.807) is 0 Å². The molecule has 2 heterocycles. The van der Waals surface area contributed by atoms with E-state index in [1.165, 1.54) is 22.4 Å². The smallest absolute Gasteiger partial charge is 0.220 e. The van der Waals surface area contributed by atoms with Crippen LogP contribution in [-0.4, -0.2) is 57.2 Å². The van der Waals surface area contributed by atoms with Crippen molar-refractivity contribution in [3.63, 3.8) is 0 Å². The third-order valence-electron chi connectivity index (χ3n) is 6.08. The average molecular weight is 394 g/mol. The molecular formula is C24H31N3O2. The predicted octanol–water partition coefficient (Wildman–Crippen LogP) is 2.80. The second-order valence-electron chi connectivity index (χ2n) is 8.01. The van der Waals surface area contributed by atoms with Gasteiger partial charge in [-0.25, -0.2) is 0 Å². The SMILES string of the molecule is CN1CCc2cc(C(CNC(=O)CCc3ccccc3)N3CCOCC3)ccc21. The van der Waals surface area contributed by atoms with Crippen LogP contribution in [0.5, 0.6) is 0 Å². The summed E-state index contributed by atoms with van der Waals surface area (Å²) in [6.07, 6.45) is 2.40. The van der Waals surface area contributed by atoms with E-state index in [-0.39, 0.29) is 11.9 Å². The zero-order valence-electron chi connectivity index (χ0n) is 17.3. The molecule has 5 nitrogen and oxygen atoms in total. The van der Waals surface area contributed by atoms with Gasteiger partial charge in [0.1, 0.15) is 0 Å². The van der Waals surface area contributed by atoms with Gasteiger partial charge in [-0.2, -0.15) is 0 Å². The molecule has 5 heteroatoms. The minimum atomic E-state index is 0.119. The fourth-order valence-electron chi connectivity index (χ4n) is 4.34. The number of rotatable bonds is 7. The van der Waals surface area contributed by atoms with Gasteiger partial charge in [0.2, 0.25) is 5.91 Å². The molecule has 0 aliphatic carbocycles. The lowest BCUT2D eigenvalue weighted by molar-refractivity contribution is -0.121. The van der Waals surface area contributed by atoms with Gasteiger partial charge < -0.3 is 15.0 Å². The standard InChI is InChI=1S/C24H31N3O2/c1-26-12-11-21-17-20(8-9-22(21)26)23(27-13-15-29-16-14-27)18-25-24(28)10-7-19-5-3-2-4-6-19/h2-6,8-9,17,23H,7,10-16,18H2,1H3,(H,25,28). The molecule has 2 aliphatic heterocycles. The summed E-state index contributed by atoms with van der Waals surface area (Å²) >= 11 is 0. The molecule has 1 saturated heterocycles. The molecule has 1 N–H and O–H groups in total. The second-order valence-corrected chi connectivity index (χ2v) is 8.01. The molecule has 4 rings (SSSR count). The van der Waals surface area contributed by atoms with Gasteiger partial charge in [-0.15, -0.1) is 0 Å². The van der Waals surface area contributed by atoms with Gasteiger partial charge in [0.25, 0.3) is 0 Å². The highest BCUT2D eigenvalue weighted by molar-refractivity contribution is 5.76. The van der Waals surface area contributed by atoms with Crippen molar-refractivity contribution in [2.24, 2.45) is 0 Å². The molecule has 1 fully saturated rings. The number of hydrogen-bond donors (Lipinski definition) is 1. The van der Waals surface area contributed by atoms with Gasteiger partial charge in [0.05, 0.1) is 19.3 Å². The molecule has 0 bridgehead atoms. The van der Waals surface area contributed by atoms with Gasteiger partial charge in [0.15, 0.2) is 0 Å². The minimum Gasteiger partial charge on any atom is -0.379 e. The summed E-state index contributed by atoms with van der Waals surface area (Å²) in [5.41, 5.74) is 5.25. The monoisotopic (exact) mass is 393 g/mol. The van der Waals surface area contributed by atoms with E-state index in [4.69, 9.17) is 4.74 Å². The number of ether oxygens (including phenoxy) is 1. The van der Waals surface area contributed by atoms with Gasteiger partial charge in [-0.3, -0.25) is 9.69 Å². The first kappa shape index (κ1) is 19.9. The van der Waals surface area contributed by atoms with Crippen LogP contribution in [0.4, 0.5) is 5.69 Å². The van der Waals surface area contributed by atoms with E-state index in [2.05, 4.69) is 52.5 Å². The lowest BCUT2D eigenvalue weighted by atomic mass is 10.00. The fraction of sp³-hybridized carbons (Fsp3) is 0.458. The third kappa shape index (κ3) is 4.98. The molecule has 2 aromatic rings. The van der Waals surface area contributed by atoms with Crippen LogP contribution in [-0.2, 0) is 22.4 Å². The van der Waals surface area contributed by atoms with Crippen molar-refractivity contribution < 1.29 is 9.53 Å². The predicted molar refractivity (Wildman–Crippen MR) is 116 cm³/mol. The Bertz CT molecular complexity index is 818. The number of morpholine rings is 1. The number of amides is 1. The lowest BCUT2D eigenvalue weighted by Gasteiger charge is -2.35. The maximum absolute atomic E-state index is 12.5. The van der Waals surface area contributed by atoms with E-state index < -0.39 is 0 Å². The molecule has 29 heavy (non-hydrogen) atoms. The summed E-state index contributed by atoms with van der Waals surface area (Å²) in [4.78, 5) is 17.3. The van der Waals surface area contributed by atoms with Gasteiger partial charge in [-0.1, -0.05) is 42.5 Å². The number of nitrogens with one attached hydrogen (secondary N) is 1. The number of aryl methyl sites for hydroxylation is 1. The number of anilines is 1. The number of carbonyl (C=O) groups excluding carboxylic acids is 1. The topological polar surface area (TPSA) is 44.8 Å². The van der Waals surface area contributed by atoms with Crippen molar-refractivity contribution in [2.45, 2.75) is 25.3 Å². The first-order chi connectivity index (χ1) is 14.2. The highest BCUT2D eigenvalue weighted by atomic mass is 16.5. The van der Waals surface area contributed by atoms with E-state index in [1.807, 2.05) is 18.2 Å². The zero-order chi connectivity index (χ0) is 20.1. The highest BCUT2D eigenvalue weighted by Gasteiger charge is 2.25. The Morgan fingerprint density at radius 1 is 1.10 bits per heavy atom. The molecule has 0 radical (unpaired) electrons. The summed E-state index contributed by atoms with van der Waals surface area (Å²) in [6.45, 7) is 5.04. The van der Waals surface area contributed by atoms with Crippen LogP contribution in [0.1, 0.15) is 29.2 Å². The second kappa shape index (κ2) is 9.42. The Balaban J connectivity index is 1.41. The van der Waals surface area contributed by atoms with E-state index >= 15 is 0 Å². The van der Waals surface area contributed by atoms with E-state index in [0.717, 1.165) is 45.7 Å². The summed E-state index contributed by atoms with van der Waals surface area (Å²) in [5.74, 6) is 0.119. The van der Waals surface area contributed by atoms with Crippen LogP contribution in [0.2, 0.25) is 0 Å². The molecule has 2 aromatic carbocycles. The van der Waals surface area contributed by atoms with Crippen LogP contribution in [0.3, 0.4) is 0 Å². The van der Waals surface area contributed by atoms with Crippen molar-refractivity contribution in [1.82, 2.24) is 10.2 Å². The van der Waals surface area contributed by atoms with Gasteiger partial charge >= 0.3 is 0 Å². The minimum absolute atomic E-state index is 0.119. The van der Waals surface area contributed by atoms with Crippen LogP contribution < -0.4 is 10.2 Å². The first-order valence-corrected chi connectivity index (χ1v) is 10.7. The van der Waals surface area contributed by atoms with E-state index in [0.29, 0.717) is 13.0 Å². The summed E-state index contributed by atoms with van der Waals surface area (Å²) < 4.78 is 5.55. The maximum Gasteiger partial charge on any atom is 0.220 e. The Morgan fingerprint density at radius 2 is 1.90 bits per heavy atom. The van der Waals surface area contributed by atoms with Crippen molar-refractivity contribution in [1.29, 1.82) is 0 Å². The normalized spacial score (nSPS) is 17.8. The summed E-state index contributed by atoms with van der Waals surface area (Å²) in [6, 6.07) is 17.2. The lowest BCUT2D eigenvalue weighted by Crippen LogP contribution is -2.43.